The molecule has 3 saturated heterocycles. The Morgan fingerprint density at radius 3 is 2.50 bits per heavy atom. The van der Waals surface area contributed by atoms with E-state index in [1.165, 1.54) is 0 Å². The third-order valence-corrected chi connectivity index (χ3v) is 9.08. The van der Waals surface area contributed by atoms with Crippen molar-refractivity contribution in [3.8, 4) is 5.75 Å². The van der Waals surface area contributed by atoms with Gasteiger partial charge in [-0.05, 0) is 76.1 Å². The molecule has 2 bridgehead atoms. The van der Waals surface area contributed by atoms with E-state index in [-0.39, 0.29) is 31.6 Å². The van der Waals surface area contributed by atoms with Gasteiger partial charge in [-0.25, -0.2) is 0 Å². The number of amides is 2. The van der Waals surface area contributed by atoms with E-state index in [0.29, 0.717) is 50.1 Å². The number of allylic oxidation sites excluding steroid dienone is 1. The minimum absolute atomic E-state index is 0.122. The standard InChI is InChI=1S/C33H46N2O7/c1-5-7-8-13-23-41-31(39)27-26-29(37)35(21-11-9-10-12-22-36)28(33(26)19-18-32(27,3)42-33)30(38)34(20-6-2)24-14-16-25(40-4)17-15-24/h5-6,14-17,26-28,36H,1-2,7-13,18-23H2,3-4H3/t26-,27+,28?,32-,33?/m0/s1. The number of likely N-dealkylation sites (tertiary alicyclic amines) is 1. The molecule has 1 spiro atoms. The summed E-state index contributed by atoms with van der Waals surface area (Å²) in [6, 6.07) is 6.32. The van der Waals surface area contributed by atoms with Gasteiger partial charge in [-0.2, -0.15) is 0 Å². The van der Waals surface area contributed by atoms with Crippen LogP contribution in [0.1, 0.15) is 64.7 Å². The first kappa shape index (κ1) is 31.8. The lowest BCUT2D eigenvalue weighted by Crippen LogP contribution is -2.56. The minimum atomic E-state index is -1.12. The van der Waals surface area contributed by atoms with Crippen LogP contribution in [0.15, 0.2) is 49.6 Å². The van der Waals surface area contributed by atoms with E-state index in [4.69, 9.17) is 14.2 Å². The molecule has 0 aliphatic carbocycles. The van der Waals surface area contributed by atoms with E-state index in [0.717, 1.165) is 25.7 Å². The second-order valence-electron chi connectivity index (χ2n) is 11.8. The number of methoxy groups -OCH3 is 1. The number of hydrogen-bond acceptors (Lipinski definition) is 7. The average molecular weight is 583 g/mol. The van der Waals surface area contributed by atoms with E-state index < -0.39 is 35.0 Å². The molecule has 1 aromatic carbocycles. The van der Waals surface area contributed by atoms with Gasteiger partial charge in [-0.15, -0.1) is 13.2 Å². The van der Waals surface area contributed by atoms with Crippen molar-refractivity contribution in [2.24, 2.45) is 11.8 Å². The summed E-state index contributed by atoms with van der Waals surface area (Å²) in [5, 5.41) is 9.18. The largest absolute Gasteiger partial charge is 0.497 e. The summed E-state index contributed by atoms with van der Waals surface area (Å²) in [6.07, 6.45) is 10.0. The van der Waals surface area contributed by atoms with Gasteiger partial charge in [0.2, 0.25) is 5.91 Å². The Morgan fingerprint density at radius 1 is 1.10 bits per heavy atom. The lowest BCUT2D eigenvalue weighted by atomic mass is 9.66. The number of esters is 1. The van der Waals surface area contributed by atoms with E-state index in [1.54, 1.807) is 35.1 Å². The van der Waals surface area contributed by atoms with Crippen LogP contribution in [-0.4, -0.2) is 78.4 Å². The number of rotatable bonds is 17. The van der Waals surface area contributed by atoms with Gasteiger partial charge in [-0.1, -0.05) is 25.0 Å². The van der Waals surface area contributed by atoms with Crippen molar-refractivity contribution in [1.82, 2.24) is 4.90 Å². The van der Waals surface area contributed by atoms with Gasteiger partial charge in [0.05, 0.1) is 25.2 Å². The van der Waals surface area contributed by atoms with Crippen LogP contribution in [-0.2, 0) is 23.9 Å². The zero-order valence-corrected chi connectivity index (χ0v) is 25.1. The Bertz CT molecular complexity index is 1140. The van der Waals surface area contributed by atoms with Crippen molar-refractivity contribution < 1.29 is 33.7 Å². The summed E-state index contributed by atoms with van der Waals surface area (Å²) in [7, 11) is 1.58. The van der Waals surface area contributed by atoms with Gasteiger partial charge >= 0.3 is 5.97 Å². The number of anilines is 1. The fourth-order valence-corrected chi connectivity index (χ4v) is 7.07. The molecule has 3 aliphatic heterocycles. The van der Waals surface area contributed by atoms with Crippen LogP contribution >= 0.6 is 0 Å². The van der Waals surface area contributed by atoms with Crippen LogP contribution in [0.2, 0.25) is 0 Å². The molecule has 230 valence electrons. The predicted molar refractivity (Wildman–Crippen MR) is 160 cm³/mol. The zero-order chi connectivity index (χ0) is 30.3. The Kier molecular flexibility index (Phi) is 10.5. The molecular weight excluding hydrogens is 536 g/mol. The third-order valence-electron chi connectivity index (χ3n) is 9.08. The van der Waals surface area contributed by atoms with Gasteiger partial charge < -0.3 is 29.1 Å². The molecule has 1 aromatic rings. The number of aliphatic hydroxyl groups excluding tert-OH is 1. The molecule has 4 rings (SSSR count). The highest BCUT2D eigenvalue weighted by molar-refractivity contribution is 6.04. The molecule has 9 nitrogen and oxygen atoms in total. The molecule has 2 unspecified atom stereocenters. The van der Waals surface area contributed by atoms with Crippen molar-refractivity contribution in [3.63, 3.8) is 0 Å². The molecule has 3 heterocycles. The highest BCUT2D eigenvalue weighted by atomic mass is 16.6. The Morgan fingerprint density at radius 2 is 1.83 bits per heavy atom. The van der Waals surface area contributed by atoms with Crippen molar-refractivity contribution in [2.45, 2.75) is 82.0 Å². The average Bonchev–Trinajstić information content (AvgIpc) is 3.56. The summed E-state index contributed by atoms with van der Waals surface area (Å²) in [5.41, 5.74) is -1.34. The highest BCUT2D eigenvalue weighted by Gasteiger charge is 2.78. The molecule has 3 fully saturated rings. The number of unbranched alkanes of at least 4 members (excludes halogenated alkanes) is 5. The van der Waals surface area contributed by atoms with Crippen molar-refractivity contribution in [1.29, 1.82) is 0 Å². The molecule has 0 aromatic heterocycles. The number of benzene rings is 1. The van der Waals surface area contributed by atoms with Gasteiger partial charge in [0.25, 0.3) is 5.91 Å². The maximum Gasteiger partial charge on any atom is 0.312 e. The van der Waals surface area contributed by atoms with Crippen LogP contribution in [0.25, 0.3) is 0 Å². The Hall–Kier alpha value is -3.17. The van der Waals surface area contributed by atoms with Crippen LogP contribution < -0.4 is 9.64 Å². The first-order chi connectivity index (χ1) is 20.3. The van der Waals surface area contributed by atoms with Crippen molar-refractivity contribution in [2.75, 3.05) is 38.3 Å². The summed E-state index contributed by atoms with van der Waals surface area (Å²) in [5.74, 6) is -1.80. The van der Waals surface area contributed by atoms with Crippen LogP contribution in [0, 0.1) is 11.8 Å². The van der Waals surface area contributed by atoms with Gasteiger partial charge in [0.1, 0.15) is 23.3 Å². The first-order valence-corrected chi connectivity index (χ1v) is 15.2. The number of aliphatic hydroxyl groups is 1. The molecule has 5 atom stereocenters. The van der Waals surface area contributed by atoms with Crippen LogP contribution in [0.5, 0.6) is 5.75 Å². The molecule has 9 heteroatoms. The predicted octanol–water partition coefficient (Wildman–Crippen LogP) is 4.43. The molecule has 0 radical (unpaired) electrons. The van der Waals surface area contributed by atoms with Gasteiger partial charge in [-0.3, -0.25) is 14.4 Å². The fourth-order valence-electron chi connectivity index (χ4n) is 7.07. The quantitative estimate of drug-likeness (QED) is 0.165. The summed E-state index contributed by atoms with van der Waals surface area (Å²) >= 11 is 0. The van der Waals surface area contributed by atoms with Crippen molar-refractivity contribution in [3.05, 3.63) is 49.6 Å². The third kappa shape index (κ3) is 5.99. The number of fused-ring (bicyclic) bond motifs is 1. The summed E-state index contributed by atoms with van der Waals surface area (Å²) < 4.78 is 17.7. The number of hydrogen-bond donors (Lipinski definition) is 1. The Balaban J connectivity index is 1.66. The molecule has 42 heavy (non-hydrogen) atoms. The number of nitrogens with zero attached hydrogens (tertiary/aromatic N) is 2. The maximum absolute atomic E-state index is 14.6. The van der Waals surface area contributed by atoms with E-state index >= 15 is 0 Å². The fraction of sp³-hybridized carbons (Fsp3) is 0.606. The second kappa shape index (κ2) is 13.9. The zero-order valence-electron chi connectivity index (χ0n) is 25.1. The second-order valence-corrected chi connectivity index (χ2v) is 11.8. The van der Waals surface area contributed by atoms with Crippen LogP contribution in [0.4, 0.5) is 5.69 Å². The molecule has 0 saturated carbocycles. The smallest absolute Gasteiger partial charge is 0.312 e. The van der Waals surface area contributed by atoms with Crippen molar-refractivity contribution >= 4 is 23.5 Å². The number of carbonyl (C=O) groups excluding carboxylic acids is 3. The molecule has 2 amide bonds. The van der Waals surface area contributed by atoms with Gasteiger partial charge in [0, 0.05) is 25.4 Å². The lowest BCUT2D eigenvalue weighted by molar-refractivity contribution is -0.159. The normalized spacial score (nSPS) is 27.5. The molecule has 1 N–H and O–H groups in total. The number of ether oxygens (including phenoxy) is 3. The maximum atomic E-state index is 14.6. The SMILES string of the molecule is C=CCCCCOC(=O)[C@H]1[C@H]2C(=O)N(CCCCCCO)C(C(=O)N(CC=C)c3ccc(OC)cc3)C23CC[C@]1(C)O3. The first-order valence-electron chi connectivity index (χ1n) is 15.2. The van der Waals surface area contributed by atoms with E-state index in [9.17, 15) is 19.5 Å². The summed E-state index contributed by atoms with van der Waals surface area (Å²) in [6.45, 7) is 10.5. The number of carbonyl (C=O) groups is 3. The monoisotopic (exact) mass is 582 g/mol. The van der Waals surface area contributed by atoms with E-state index in [1.807, 2.05) is 25.1 Å². The highest BCUT2D eigenvalue weighted by Crippen LogP contribution is 2.63. The minimum Gasteiger partial charge on any atom is -0.497 e. The Labute approximate surface area is 249 Å². The van der Waals surface area contributed by atoms with E-state index in [2.05, 4.69) is 13.2 Å². The lowest BCUT2D eigenvalue weighted by Gasteiger charge is -2.37. The van der Waals surface area contributed by atoms with Crippen LogP contribution in [0.3, 0.4) is 0 Å². The molecule has 3 aliphatic rings. The van der Waals surface area contributed by atoms with Gasteiger partial charge in [0.15, 0.2) is 0 Å². The molecular formula is C33H46N2O7. The summed E-state index contributed by atoms with van der Waals surface area (Å²) in [4.78, 5) is 45.7. The topological polar surface area (TPSA) is 106 Å².